The zero-order chi connectivity index (χ0) is 10.6. The van der Waals surface area contributed by atoms with Crippen LogP contribution in [0, 0.1) is 16.7 Å². The van der Waals surface area contributed by atoms with Gasteiger partial charge in [0.25, 0.3) is 0 Å². The zero-order valence-corrected chi connectivity index (χ0v) is 9.00. The van der Waals surface area contributed by atoms with Gasteiger partial charge in [-0.2, -0.15) is 4.79 Å². The molecule has 0 aromatic carbocycles. The molecule has 14 heavy (non-hydrogen) atoms. The fraction of sp³-hybridized carbons (Fsp3) is 0.818. The molecule has 0 amide bonds. The minimum absolute atomic E-state index is 0.0538. The van der Waals surface area contributed by atoms with Gasteiger partial charge in [-0.3, -0.25) is 4.79 Å². The van der Waals surface area contributed by atoms with Gasteiger partial charge in [0.15, 0.2) is 0 Å². The van der Waals surface area contributed by atoms with Gasteiger partial charge in [-0.05, 0) is 24.2 Å². The van der Waals surface area contributed by atoms with Crippen LogP contribution in [-0.2, 0) is 4.79 Å². The maximum Gasteiger partial charge on any atom is 0.335 e. The number of hydrogen-bond donors (Lipinski definition) is 0. The summed E-state index contributed by atoms with van der Waals surface area (Å²) < 4.78 is 0. The largest absolute Gasteiger partial charge is 0.361 e. The molecule has 0 aliphatic heterocycles. The van der Waals surface area contributed by atoms with E-state index >= 15 is 0 Å². The van der Waals surface area contributed by atoms with Gasteiger partial charge in [0, 0.05) is 5.41 Å². The lowest BCUT2D eigenvalue weighted by Crippen LogP contribution is -2.49. The lowest BCUT2D eigenvalue weighted by Gasteiger charge is -2.42. The molecule has 3 nitrogen and oxygen atoms in total. The van der Waals surface area contributed by atoms with Crippen molar-refractivity contribution in [1.82, 2.24) is 0 Å². The van der Waals surface area contributed by atoms with Gasteiger partial charge in [-0.15, -0.1) is 0 Å². The van der Waals surface area contributed by atoms with Crippen LogP contribution in [-0.4, -0.2) is 16.3 Å². The average Bonchev–Trinajstić information content (AvgIpc) is 2.29. The summed E-state index contributed by atoms with van der Waals surface area (Å²) in [5, 5.41) is 0. The normalized spacial score (nSPS) is 39.8. The average molecular weight is 192 g/mol. The number of nitrogens with zero attached hydrogens (tertiary/aromatic N) is 2. The van der Waals surface area contributed by atoms with Gasteiger partial charge < -0.3 is 5.53 Å². The van der Waals surface area contributed by atoms with Crippen molar-refractivity contribution in [3.63, 3.8) is 0 Å². The molecule has 0 spiro atoms. The third-order valence-electron chi connectivity index (χ3n) is 4.76. The second-order valence-corrected chi connectivity index (χ2v) is 5.37. The third kappa shape index (κ3) is 0.859. The number of carbonyl (C=O) groups is 1. The van der Waals surface area contributed by atoms with Crippen molar-refractivity contribution in [3.8, 4) is 0 Å². The Hall–Kier alpha value is -0.950. The molecule has 0 aromatic rings. The van der Waals surface area contributed by atoms with Crippen LogP contribution >= 0.6 is 0 Å². The molecule has 2 atom stereocenters. The lowest BCUT2D eigenvalue weighted by molar-refractivity contribution is -0.134. The summed E-state index contributed by atoms with van der Waals surface area (Å²) in [7, 11) is 0. The molecule has 76 valence electrons. The summed E-state index contributed by atoms with van der Waals surface area (Å²) in [4.78, 5) is 15.2. The third-order valence-corrected chi connectivity index (χ3v) is 4.76. The highest BCUT2D eigenvalue weighted by molar-refractivity contribution is 6.40. The first-order valence-corrected chi connectivity index (χ1v) is 5.19. The fourth-order valence-corrected chi connectivity index (χ4v) is 3.09. The number of Topliss-reactive ketones (excluding diaryl/α,β-unsaturated/α-hetero) is 1. The van der Waals surface area contributed by atoms with Crippen LogP contribution in [0.15, 0.2) is 0 Å². The van der Waals surface area contributed by atoms with E-state index in [1.54, 1.807) is 0 Å². The van der Waals surface area contributed by atoms with E-state index in [4.69, 9.17) is 5.53 Å². The van der Waals surface area contributed by atoms with Crippen LogP contribution in [0.4, 0.5) is 0 Å². The summed E-state index contributed by atoms with van der Waals surface area (Å²) in [5.41, 5.74) is 8.91. The quantitative estimate of drug-likeness (QED) is 0.428. The molecule has 2 aliphatic carbocycles. The molecular formula is C11H16N2O. The van der Waals surface area contributed by atoms with Crippen molar-refractivity contribution in [2.24, 2.45) is 16.7 Å². The van der Waals surface area contributed by atoms with E-state index < -0.39 is 0 Å². The number of rotatable bonds is 0. The van der Waals surface area contributed by atoms with Crippen molar-refractivity contribution < 1.29 is 9.58 Å². The van der Waals surface area contributed by atoms with E-state index in [2.05, 4.69) is 18.6 Å². The molecule has 2 bridgehead atoms. The summed E-state index contributed by atoms with van der Waals surface area (Å²) in [6.45, 7) is 6.34. The first-order valence-electron chi connectivity index (χ1n) is 5.19. The van der Waals surface area contributed by atoms with Crippen LogP contribution in [0.5, 0.6) is 0 Å². The first kappa shape index (κ1) is 9.60. The van der Waals surface area contributed by atoms with E-state index in [0.717, 1.165) is 12.8 Å². The van der Waals surface area contributed by atoms with Gasteiger partial charge >= 0.3 is 5.71 Å². The van der Waals surface area contributed by atoms with Crippen LogP contribution in [0.25, 0.3) is 5.53 Å². The molecule has 2 unspecified atom stereocenters. The van der Waals surface area contributed by atoms with E-state index in [0.29, 0.717) is 18.1 Å². The SMILES string of the molecule is CC12CCC(CC(=[N+]=[N-])C1=O)C2(C)C. The maximum absolute atomic E-state index is 12.1. The monoisotopic (exact) mass is 192 g/mol. The molecule has 2 fully saturated rings. The Morgan fingerprint density at radius 3 is 2.64 bits per heavy atom. The van der Waals surface area contributed by atoms with Gasteiger partial charge in [0.1, 0.15) is 0 Å². The molecule has 0 N–H and O–H groups in total. The smallest absolute Gasteiger partial charge is 0.335 e. The van der Waals surface area contributed by atoms with Crippen LogP contribution in [0.1, 0.15) is 40.0 Å². The van der Waals surface area contributed by atoms with Gasteiger partial charge in [0.05, 0.1) is 6.42 Å². The number of fused-ring (bicyclic) bond motifs is 2. The van der Waals surface area contributed by atoms with E-state index in [-0.39, 0.29) is 16.6 Å². The Labute approximate surface area is 84.1 Å². The first-order chi connectivity index (χ1) is 6.43. The van der Waals surface area contributed by atoms with Crippen LogP contribution in [0.2, 0.25) is 0 Å². The van der Waals surface area contributed by atoms with E-state index in [1.165, 1.54) is 0 Å². The minimum Gasteiger partial charge on any atom is -0.361 e. The Bertz CT molecular complexity index is 352. The molecule has 2 rings (SSSR count). The number of hydrogen-bond acceptors (Lipinski definition) is 1. The van der Waals surface area contributed by atoms with Crippen molar-refractivity contribution in [1.29, 1.82) is 0 Å². The highest BCUT2D eigenvalue weighted by atomic mass is 16.1. The predicted molar refractivity (Wildman–Crippen MR) is 52.9 cm³/mol. The molecule has 2 saturated carbocycles. The number of carbonyl (C=O) groups excluding carboxylic acids is 1. The van der Waals surface area contributed by atoms with E-state index in [1.807, 2.05) is 6.92 Å². The van der Waals surface area contributed by atoms with Gasteiger partial charge in [-0.25, -0.2) is 0 Å². The second kappa shape index (κ2) is 2.54. The Kier molecular flexibility index (Phi) is 1.74. The zero-order valence-electron chi connectivity index (χ0n) is 9.00. The molecular weight excluding hydrogens is 176 g/mol. The standard InChI is InChI=1S/C11H16N2O/c1-10(2)7-4-5-11(10,3)9(14)8(6-7)13-12/h7H,4-6H2,1-3H3. The maximum atomic E-state index is 12.1. The molecule has 2 aliphatic rings. The van der Waals surface area contributed by atoms with Crippen LogP contribution < -0.4 is 0 Å². The van der Waals surface area contributed by atoms with Crippen molar-refractivity contribution >= 4 is 11.5 Å². The molecule has 0 heterocycles. The predicted octanol–water partition coefficient (Wildman–Crippen LogP) is 2.07. The summed E-state index contributed by atoms with van der Waals surface area (Å²) >= 11 is 0. The highest BCUT2D eigenvalue weighted by Crippen LogP contribution is 2.60. The lowest BCUT2D eigenvalue weighted by atomic mass is 9.58. The minimum atomic E-state index is -0.308. The Morgan fingerprint density at radius 1 is 1.43 bits per heavy atom. The highest BCUT2D eigenvalue weighted by Gasteiger charge is 2.62. The second-order valence-electron chi connectivity index (χ2n) is 5.37. The van der Waals surface area contributed by atoms with Crippen molar-refractivity contribution in [2.75, 3.05) is 0 Å². The van der Waals surface area contributed by atoms with Crippen molar-refractivity contribution in [2.45, 2.75) is 40.0 Å². The van der Waals surface area contributed by atoms with Gasteiger partial charge in [-0.1, -0.05) is 20.8 Å². The van der Waals surface area contributed by atoms with Gasteiger partial charge in [0.2, 0.25) is 5.78 Å². The molecule has 0 radical (unpaired) electrons. The van der Waals surface area contributed by atoms with E-state index in [9.17, 15) is 4.79 Å². The molecule has 0 aromatic heterocycles. The molecule has 3 heteroatoms. The summed E-state index contributed by atoms with van der Waals surface area (Å²) in [6.07, 6.45) is 2.66. The van der Waals surface area contributed by atoms with Crippen molar-refractivity contribution in [3.05, 3.63) is 5.53 Å². The Balaban J connectivity index is 2.54. The Morgan fingerprint density at radius 2 is 2.07 bits per heavy atom. The summed E-state index contributed by atoms with van der Waals surface area (Å²) in [6, 6.07) is 0. The summed E-state index contributed by atoms with van der Waals surface area (Å²) in [5.74, 6) is 0.551. The van der Waals surface area contributed by atoms with Crippen LogP contribution in [0.3, 0.4) is 0 Å². The molecule has 0 saturated heterocycles. The fourth-order valence-electron chi connectivity index (χ4n) is 3.09. The number of ketones is 1. The topological polar surface area (TPSA) is 53.5 Å².